The summed E-state index contributed by atoms with van der Waals surface area (Å²) in [5, 5.41) is 0. The third-order valence-corrected chi connectivity index (χ3v) is 6.33. The Hall–Kier alpha value is -3.07. The Balaban J connectivity index is 0.00000245. The predicted octanol–water partition coefficient (Wildman–Crippen LogP) is 6.79. The van der Waals surface area contributed by atoms with E-state index in [1.807, 2.05) is 12.1 Å². The zero-order valence-corrected chi connectivity index (χ0v) is 19.0. The van der Waals surface area contributed by atoms with Crippen molar-refractivity contribution in [2.24, 2.45) is 0 Å². The third-order valence-electron chi connectivity index (χ3n) is 6.33. The van der Waals surface area contributed by atoms with Gasteiger partial charge in [-0.1, -0.05) is 90.5 Å². The molecule has 3 heteroatoms. The van der Waals surface area contributed by atoms with Crippen molar-refractivity contribution in [3.8, 4) is 0 Å². The van der Waals surface area contributed by atoms with Gasteiger partial charge in [0, 0.05) is 25.3 Å². The van der Waals surface area contributed by atoms with Gasteiger partial charge >= 0.3 is 0 Å². The van der Waals surface area contributed by atoms with Crippen LogP contribution in [0, 0.1) is 0 Å². The lowest BCUT2D eigenvalue weighted by atomic mass is 9.86. The van der Waals surface area contributed by atoms with Crippen molar-refractivity contribution >= 4 is 41.9 Å². The Morgan fingerprint density at radius 1 is 0.750 bits per heavy atom. The molecule has 32 heavy (non-hydrogen) atoms. The van der Waals surface area contributed by atoms with E-state index in [-0.39, 0.29) is 12.4 Å². The van der Waals surface area contributed by atoms with Gasteiger partial charge in [0.2, 0.25) is 0 Å². The number of nitrogens with zero attached hydrogens (tertiary/aromatic N) is 1. The Kier molecular flexibility index (Phi) is 6.94. The largest absolute Gasteiger partial charge is 0.399 e. The van der Waals surface area contributed by atoms with Crippen LogP contribution >= 0.6 is 12.4 Å². The number of nitrogen functional groups attached to an aromatic ring is 1. The first-order valence-corrected chi connectivity index (χ1v) is 11.1. The van der Waals surface area contributed by atoms with E-state index in [1.54, 1.807) is 5.57 Å². The SMILES string of the molecule is Cl.Nc1ccc(/C=C/CN2CCC(=C3c4ccccc4C=Cc4ccccc43)CC2)cc1. The van der Waals surface area contributed by atoms with Gasteiger partial charge in [0.15, 0.2) is 0 Å². The molecule has 0 amide bonds. The zero-order valence-electron chi connectivity index (χ0n) is 18.2. The minimum absolute atomic E-state index is 0. The number of likely N-dealkylation sites (tertiary alicyclic amines) is 1. The van der Waals surface area contributed by atoms with Crippen molar-refractivity contribution in [1.29, 1.82) is 0 Å². The van der Waals surface area contributed by atoms with E-state index in [1.165, 1.54) is 33.4 Å². The fourth-order valence-corrected chi connectivity index (χ4v) is 4.65. The van der Waals surface area contributed by atoms with Gasteiger partial charge in [0.05, 0.1) is 0 Å². The molecule has 2 aliphatic rings. The summed E-state index contributed by atoms with van der Waals surface area (Å²) in [6.45, 7) is 3.19. The van der Waals surface area contributed by atoms with Gasteiger partial charge in [-0.2, -0.15) is 0 Å². The van der Waals surface area contributed by atoms with Gasteiger partial charge in [-0.3, -0.25) is 4.90 Å². The number of rotatable bonds is 3. The maximum Gasteiger partial charge on any atom is 0.0314 e. The average molecular weight is 441 g/mol. The quantitative estimate of drug-likeness (QED) is 0.355. The van der Waals surface area contributed by atoms with Crippen molar-refractivity contribution in [3.05, 3.63) is 112 Å². The molecule has 0 radical (unpaired) electrons. The van der Waals surface area contributed by atoms with Crippen molar-refractivity contribution in [2.75, 3.05) is 25.4 Å². The maximum atomic E-state index is 5.78. The molecule has 0 saturated carbocycles. The van der Waals surface area contributed by atoms with Crippen LogP contribution in [0.2, 0.25) is 0 Å². The fourth-order valence-electron chi connectivity index (χ4n) is 4.65. The Labute approximate surface area is 197 Å². The fraction of sp³-hybridized carbons (Fsp3) is 0.172. The van der Waals surface area contributed by atoms with E-state index < -0.39 is 0 Å². The van der Waals surface area contributed by atoms with Crippen LogP contribution in [0.15, 0.2) is 84.4 Å². The second kappa shape index (κ2) is 10.0. The molecule has 5 rings (SSSR count). The van der Waals surface area contributed by atoms with E-state index in [4.69, 9.17) is 5.73 Å². The first-order chi connectivity index (χ1) is 15.3. The van der Waals surface area contributed by atoms with Crippen LogP contribution in [0.5, 0.6) is 0 Å². The van der Waals surface area contributed by atoms with Crippen LogP contribution in [0.4, 0.5) is 5.69 Å². The van der Waals surface area contributed by atoms with Gasteiger partial charge in [-0.15, -0.1) is 12.4 Å². The molecule has 162 valence electrons. The molecule has 0 unspecified atom stereocenters. The van der Waals surface area contributed by atoms with Gasteiger partial charge in [-0.25, -0.2) is 0 Å². The molecule has 0 aromatic heterocycles. The monoisotopic (exact) mass is 440 g/mol. The number of halogens is 1. The Morgan fingerprint density at radius 2 is 1.31 bits per heavy atom. The van der Waals surface area contributed by atoms with Crippen molar-refractivity contribution in [2.45, 2.75) is 12.8 Å². The summed E-state index contributed by atoms with van der Waals surface area (Å²) in [6.07, 6.45) is 11.2. The molecule has 3 aromatic rings. The molecule has 3 aromatic carbocycles. The van der Waals surface area contributed by atoms with E-state index in [9.17, 15) is 0 Å². The maximum absolute atomic E-state index is 5.78. The summed E-state index contributed by atoms with van der Waals surface area (Å²) in [5.74, 6) is 0. The number of anilines is 1. The number of fused-ring (bicyclic) bond motifs is 2. The second-order valence-electron chi connectivity index (χ2n) is 8.36. The summed E-state index contributed by atoms with van der Waals surface area (Å²) in [7, 11) is 0. The van der Waals surface area contributed by atoms with Gasteiger partial charge in [0.1, 0.15) is 0 Å². The third kappa shape index (κ3) is 4.72. The summed E-state index contributed by atoms with van der Waals surface area (Å²) in [6, 6.07) is 25.7. The normalized spacial score (nSPS) is 15.8. The number of piperidine rings is 1. The molecular formula is C29H29ClN2. The number of hydrogen-bond donors (Lipinski definition) is 1. The van der Waals surface area contributed by atoms with E-state index in [2.05, 4.69) is 89.9 Å². The van der Waals surface area contributed by atoms with Crippen LogP contribution in [0.25, 0.3) is 23.8 Å². The van der Waals surface area contributed by atoms with Gasteiger partial charge < -0.3 is 5.73 Å². The highest BCUT2D eigenvalue weighted by Crippen LogP contribution is 2.38. The van der Waals surface area contributed by atoms with Crippen LogP contribution in [-0.4, -0.2) is 24.5 Å². The van der Waals surface area contributed by atoms with Crippen LogP contribution in [0.1, 0.15) is 40.7 Å². The minimum Gasteiger partial charge on any atom is -0.399 e. The van der Waals surface area contributed by atoms with E-state index in [0.717, 1.165) is 38.2 Å². The van der Waals surface area contributed by atoms with Crippen molar-refractivity contribution < 1.29 is 0 Å². The predicted molar refractivity (Wildman–Crippen MR) is 141 cm³/mol. The van der Waals surface area contributed by atoms with Gasteiger partial charge in [-0.05, 0) is 58.4 Å². The average Bonchev–Trinajstić information content (AvgIpc) is 2.98. The molecule has 0 atom stereocenters. The molecule has 2 N–H and O–H groups in total. The highest BCUT2D eigenvalue weighted by atomic mass is 35.5. The molecule has 0 bridgehead atoms. The lowest BCUT2D eigenvalue weighted by molar-refractivity contribution is 0.284. The molecule has 1 saturated heterocycles. The molecule has 0 spiro atoms. The molecule has 2 nitrogen and oxygen atoms in total. The van der Waals surface area contributed by atoms with Crippen molar-refractivity contribution in [3.63, 3.8) is 0 Å². The molecule has 1 aliphatic heterocycles. The Bertz CT molecular complexity index is 1110. The topological polar surface area (TPSA) is 29.3 Å². The summed E-state index contributed by atoms with van der Waals surface area (Å²) in [4.78, 5) is 2.55. The molecule has 1 heterocycles. The molecular weight excluding hydrogens is 412 g/mol. The summed E-state index contributed by atoms with van der Waals surface area (Å²) < 4.78 is 0. The molecule has 1 aliphatic carbocycles. The lowest BCUT2D eigenvalue weighted by Crippen LogP contribution is -2.31. The number of benzene rings is 3. The standard InChI is InChI=1S/C29H28N2.ClH/c30-26-15-11-22(12-16-26)6-5-19-31-20-17-25(18-21-31)29-27-9-3-1-7-23(27)13-14-24-8-2-4-10-28(24)29;/h1-16H,17-21,30H2;1H/b6-5+;. The summed E-state index contributed by atoms with van der Waals surface area (Å²) >= 11 is 0. The van der Waals surface area contributed by atoms with Crippen LogP contribution in [0.3, 0.4) is 0 Å². The second-order valence-corrected chi connectivity index (χ2v) is 8.36. The lowest BCUT2D eigenvalue weighted by Gasteiger charge is -2.29. The van der Waals surface area contributed by atoms with E-state index in [0.29, 0.717) is 0 Å². The molecule has 1 fully saturated rings. The first kappa shape index (κ1) is 22.1. The number of nitrogens with two attached hydrogens (primary N) is 1. The minimum atomic E-state index is 0. The smallest absolute Gasteiger partial charge is 0.0314 e. The van der Waals surface area contributed by atoms with Crippen LogP contribution < -0.4 is 5.73 Å². The van der Waals surface area contributed by atoms with Crippen molar-refractivity contribution in [1.82, 2.24) is 4.90 Å². The first-order valence-electron chi connectivity index (χ1n) is 11.1. The highest BCUT2D eigenvalue weighted by molar-refractivity contribution is 5.94. The zero-order chi connectivity index (χ0) is 21.0. The van der Waals surface area contributed by atoms with Crippen LogP contribution in [-0.2, 0) is 0 Å². The highest BCUT2D eigenvalue weighted by Gasteiger charge is 2.21. The summed E-state index contributed by atoms with van der Waals surface area (Å²) in [5.41, 5.74) is 16.2. The van der Waals surface area contributed by atoms with E-state index >= 15 is 0 Å². The number of hydrogen-bond acceptors (Lipinski definition) is 2. The Morgan fingerprint density at radius 3 is 1.91 bits per heavy atom. The van der Waals surface area contributed by atoms with Gasteiger partial charge in [0.25, 0.3) is 0 Å².